The standard InChI is InChI=1S/C15H22N2O3/c1-17(12-6-8-20-9-7-12)10-11-4-3-5-13(16)14(11)15(18)19-2/h3-5,12H,6-10,16H2,1-2H3. The zero-order valence-corrected chi connectivity index (χ0v) is 12.1. The van der Waals surface area contributed by atoms with E-state index in [1.807, 2.05) is 12.1 Å². The third-order valence-electron chi connectivity index (χ3n) is 3.81. The highest BCUT2D eigenvalue weighted by atomic mass is 16.5. The van der Waals surface area contributed by atoms with Crippen molar-refractivity contribution >= 4 is 11.7 Å². The van der Waals surface area contributed by atoms with Crippen LogP contribution in [-0.4, -0.2) is 44.3 Å². The van der Waals surface area contributed by atoms with Crippen LogP contribution in [0.15, 0.2) is 18.2 Å². The maximum atomic E-state index is 11.9. The van der Waals surface area contributed by atoms with E-state index < -0.39 is 0 Å². The zero-order valence-electron chi connectivity index (χ0n) is 12.1. The number of esters is 1. The van der Waals surface area contributed by atoms with E-state index in [9.17, 15) is 4.79 Å². The van der Waals surface area contributed by atoms with E-state index in [1.165, 1.54) is 7.11 Å². The lowest BCUT2D eigenvalue weighted by atomic mass is 10.0. The van der Waals surface area contributed by atoms with Gasteiger partial charge < -0.3 is 15.2 Å². The monoisotopic (exact) mass is 278 g/mol. The van der Waals surface area contributed by atoms with Gasteiger partial charge in [0, 0.05) is 31.5 Å². The van der Waals surface area contributed by atoms with Crippen molar-refractivity contribution in [3.63, 3.8) is 0 Å². The Kier molecular flexibility index (Phi) is 4.98. The van der Waals surface area contributed by atoms with Crippen LogP contribution in [0.5, 0.6) is 0 Å². The second-order valence-electron chi connectivity index (χ2n) is 5.13. The number of methoxy groups -OCH3 is 1. The van der Waals surface area contributed by atoms with E-state index >= 15 is 0 Å². The first-order valence-corrected chi connectivity index (χ1v) is 6.87. The Morgan fingerprint density at radius 2 is 2.15 bits per heavy atom. The smallest absolute Gasteiger partial charge is 0.340 e. The second kappa shape index (κ2) is 6.72. The Morgan fingerprint density at radius 3 is 2.80 bits per heavy atom. The quantitative estimate of drug-likeness (QED) is 0.670. The SMILES string of the molecule is COC(=O)c1c(N)cccc1CN(C)C1CCOCC1. The van der Waals surface area contributed by atoms with Crippen molar-refractivity contribution in [2.24, 2.45) is 0 Å². The number of hydrogen-bond acceptors (Lipinski definition) is 5. The average Bonchev–Trinajstić information content (AvgIpc) is 2.47. The molecule has 1 aliphatic rings. The van der Waals surface area contributed by atoms with Crippen LogP contribution in [0.3, 0.4) is 0 Å². The first-order valence-electron chi connectivity index (χ1n) is 6.87. The minimum Gasteiger partial charge on any atom is -0.465 e. The Balaban J connectivity index is 2.15. The van der Waals surface area contributed by atoms with Gasteiger partial charge in [0.05, 0.1) is 12.7 Å². The Morgan fingerprint density at radius 1 is 1.45 bits per heavy atom. The summed E-state index contributed by atoms with van der Waals surface area (Å²) in [6.07, 6.45) is 2.04. The van der Waals surface area contributed by atoms with Crippen LogP contribution in [-0.2, 0) is 16.0 Å². The molecule has 5 nitrogen and oxygen atoms in total. The van der Waals surface area contributed by atoms with Gasteiger partial charge in [-0.05, 0) is 31.5 Å². The molecule has 1 aromatic carbocycles. The lowest BCUT2D eigenvalue weighted by Gasteiger charge is -2.31. The fourth-order valence-electron chi connectivity index (χ4n) is 2.63. The summed E-state index contributed by atoms with van der Waals surface area (Å²) in [6.45, 7) is 2.28. The van der Waals surface area contributed by atoms with Crippen molar-refractivity contribution in [2.75, 3.05) is 33.1 Å². The maximum absolute atomic E-state index is 11.9. The Bertz CT molecular complexity index is 470. The minimum atomic E-state index is -0.376. The summed E-state index contributed by atoms with van der Waals surface area (Å²) in [5.41, 5.74) is 7.77. The summed E-state index contributed by atoms with van der Waals surface area (Å²) in [5.74, 6) is -0.376. The molecule has 1 aliphatic heterocycles. The van der Waals surface area contributed by atoms with Crippen LogP contribution in [0.2, 0.25) is 0 Å². The molecule has 0 unspecified atom stereocenters. The largest absolute Gasteiger partial charge is 0.465 e. The molecule has 0 spiro atoms. The topological polar surface area (TPSA) is 64.8 Å². The molecule has 0 bridgehead atoms. The molecule has 0 atom stereocenters. The lowest BCUT2D eigenvalue weighted by molar-refractivity contribution is 0.0402. The Labute approximate surface area is 119 Å². The summed E-state index contributed by atoms with van der Waals surface area (Å²) < 4.78 is 10.2. The predicted molar refractivity (Wildman–Crippen MR) is 77.5 cm³/mol. The van der Waals surface area contributed by atoms with Gasteiger partial charge in [-0.25, -0.2) is 4.79 Å². The van der Waals surface area contributed by atoms with E-state index in [4.69, 9.17) is 15.2 Å². The molecule has 0 saturated carbocycles. The van der Waals surface area contributed by atoms with Crippen LogP contribution in [0.4, 0.5) is 5.69 Å². The highest BCUT2D eigenvalue weighted by Gasteiger charge is 2.21. The maximum Gasteiger partial charge on any atom is 0.340 e. The van der Waals surface area contributed by atoms with Crippen molar-refractivity contribution in [1.29, 1.82) is 0 Å². The van der Waals surface area contributed by atoms with Gasteiger partial charge in [0.15, 0.2) is 0 Å². The first kappa shape index (κ1) is 14.8. The number of carbonyl (C=O) groups is 1. The van der Waals surface area contributed by atoms with Crippen molar-refractivity contribution < 1.29 is 14.3 Å². The number of ether oxygens (including phenoxy) is 2. The molecule has 110 valence electrons. The van der Waals surface area contributed by atoms with E-state index in [0.717, 1.165) is 31.6 Å². The van der Waals surface area contributed by atoms with Gasteiger partial charge in [0.25, 0.3) is 0 Å². The normalized spacial score (nSPS) is 16.4. The van der Waals surface area contributed by atoms with Gasteiger partial charge in [-0.15, -0.1) is 0 Å². The van der Waals surface area contributed by atoms with Crippen LogP contribution in [0, 0.1) is 0 Å². The summed E-state index contributed by atoms with van der Waals surface area (Å²) in [5, 5.41) is 0. The molecule has 0 radical (unpaired) electrons. The minimum absolute atomic E-state index is 0.376. The molecule has 20 heavy (non-hydrogen) atoms. The van der Waals surface area contributed by atoms with Gasteiger partial charge in [0.1, 0.15) is 0 Å². The number of rotatable bonds is 4. The Hall–Kier alpha value is -1.59. The van der Waals surface area contributed by atoms with Gasteiger partial charge in [-0.3, -0.25) is 4.90 Å². The zero-order chi connectivity index (χ0) is 14.5. The van der Waals surface area contributed by atoms with E-state index in [0.29, 0.717) is 23.8 Å². The molecule has 1 aromatic rings. The van der Waals surface area contributed by atoms with Crippen molar-refractivity contribution in [3.8, 4) is 0 Å². The number of carbonyl (C=O) groups excluding carboxylic acids is 1. The number of benzene rings is 1. The molecular formula is C15H22N2O3. The van der Waals surface area contributed by atoms with Gasteiger partial charge in [0.2, 0.25) is 0 Å². The molecule has 2 N–H and O–H groups in total. The summed E-state index contributed by atoms with van der Waals surface area (Å²) in [6, 6.07) is 6.01. The van der Waals surface area contributed by atoms with Gasteiger partial charge in [-0.2, -0.15) is 0 Å². The number of nitrogen functional groups attached to an aromatic ring is 1. The first-order chi connectivity index (χ1) is 9.63. The number of hydrogen-bond donors (Lipinski definition) is 1. The number of nitrogens with two attached hydrogens (primary N) is 1. The lowest BCUT2D eigenvalue weighted by Crippen LogP contribution is -2.36. The average molecular weight is 278 g/mol. The van der Waals surface area contributed by atoms with Crippen molar-refractivity contribution in [2.45, 2.75) is 25.4 Å². The highest BCUT2D eigenvalue weighted by Crippen LogP contribution is 2.22. The molecule has 0 aromatic heterocycles. The van der Waals surface area contributed by atoms with E-state index in [2.05, 4.69) is 11.9 Å². The molecule has 1 saturated heterocycles. The van der Waals surface area contributed by atoms with E-state index in [1.54, 1.807) is 6.07 Å². The van der Waals surface area contributed by atoms with Crippen LogP contribution < -0.4 is 5.73 Å². The predicted octanol–water partition coefficient (Wildman–Crippen LogP) is 1.67. The van der Waals surface area contributed by atoms with Crippen LogP contribution in [0.25, 0.3) is 0 Å². The van der Waals surface area contributed by atoms with Crippen LogP contribution >= 0.6 is 0 Å². The summed E-state index contributed by atoms with van der Waals surface area (Å²) in [4.78, 5) is 14.1. The van der Waals surface area contributed by atoms with Gasteiger partial charge in [-0.1, -0.05) is 12.1 Å². The second-order valence-corrected chi connectivity index (χ2v) is 5.13. The van der Waals surface area contributed by atoms with Crippen molar-refractivity contribution in [1.82, 2.24) is 4.90 Å². The fraction of sp³-hybridized carbons (Fsp3) is 0.533. The molecule has 5 heteroatoms. The highest BCUT2D eigenvalue weighted by molar-refractivity contribution is 5.96. The van der Waals surface area contributed by atoms with Crippen LogP contribution in [0.1, 0.15) is 28.8 Å². The fourth-order valence-corrected chi connectivity index (χ4v) is 2.63. The summed E-state index contributed by atoms with van der Waals surface area (Å²) in [7, 11) is 3.45. The number of nitrogens with zero attached hydrogens (tertiary/aromatic N) is 1. The molecule has 2 rings (SSSR count). The number of anilines is 1. The van der Waals surface area contributed by atoms with Gasteiger partial charge >= 0.3 is 5.97 Å². The van der Waals surface area contributed by atoms with Crippen molar-refractivity contribution in [3.05, 3.63) is 29.3 Å². The molecule has 1 heterocycles. The summed E-state index contributed by atoms with van der Waals surface area (Å²) >= 11 is 0. The molecular weight excluding hydrogens is 256 g/mol. The molecule has 0 aliphatic carbocycles. The van der Waals surface area contributed by atoms with E-state index in [-0.39, 0.29) is 5.97 Å². The third-order valence-corrected chi connectivity index (χ3v) is 3.81. The molecule has 1 fully saturated rings. The third kappa shape index (κ3) is 3.29. The molecule has 0 amide bonds.